The Kier molecular flexibility index (Phi) is 4.93. The maximum absolute atomic E-state index is 12.7. The average molecular weight is 351 g/mol. The van der Waals surface area contributed by atoms with Crippen LogP contribution in [-0.4, -0.2) is 29.9 Å². The third-order valence-corrected chi connectivity index (χ3v) is 4.23. The second kappa shape index (κ2) is 7.31. The lowest BCUT2D eigenvalue weighted by Crippen LogP contribution is -2.14. The second-order valence-corrected chi connectivity index (χ2v) is 5.87. The summed E-state index contributed by atoms with van der Waals surface area (Å²) < 4.78 is 12.3. The zero-order valence-electron chi connectivity index (χ0n) is 15.2. The number of para-hydroxylation sites is 1. The molecule has 3 aromatic rings. The first-order valence-corrected chi connectivity index (χ1v) is 8.19. The molecule has 0 aliphatic carbocycles. The van der Waals surface area contributed by atoms with Crippen LogP contribution in [0.25, 0.3) is 5.69 Å². The summed E-state index contributed by atoms with van der Waals surface area (Å²) in [6, 6.07) is 13.3. The van der Waals surface area contributed by atoms with Crippen LogP contribution in [0.1, 0.15) is 21.6 Å². The minimum atomic E-state index is -0.222. The van der Waals surface area contributed by atoms with Crippen LogP contribution in [0.3, 0.4) is 0 Å². The Labute approximate surface area is 152 Å². The predicted molar refractivity (Wildman–Crippen MR) is 101 cm³/mol. The van der Waals surface area contributed by atoms with Crippen LogP contribution < -0.4 is 14.8 Å². The normalized spacial score (nSPS) is 10.5. The maximum Gasteiger partial charge on any atom is 0.259 e. The second-order valence-electron chi connectivity index (χ2n) is 5.87. The molecule has 6 nitrogen and oxygen atoms in total. The topological polar surface area (TPSA) is 65.4 Å². The van der Waals surface area contributed by atoms with Gasteiger partial charge in [-0.15, -0.1) is 0 Å². The molecule has 3 rings (SSSR count). The van der Waals surface area contributed by atoms with Crippen molar-refractivity contribution in [3.8, 4) is 17.2 Å². The molecular weight excluding hydrogens is 330 g/mol. The molecule has 0 aliphatic heterocycles. The molecule has 134 valence electrons. The van der Waals surface area contributed by atoms with Crippen molar-refractivity contribution < 1.29 is 14.3 Å². The van der Waals surface area contributed by atoms with Crippen molar-refractivity contribution in [2.75, 3.05) is 19.5 Å². The van der Waals surface area contributed by atoms with Crippen LogP contribution in [-0.2, 0) is 0 Å². The van der Waals surface area contributed by atoms with E-state index < -0.39 is 0 Å². The first-order chi connectivity index (χ1) is 12.5. The van der Waals surface area contributed by atoms with E-state index >= 15 is 0 Å². The number of amides is 1. The molecule has 1 N–H and O–H groups in total. The fourth-order valence-corrected chi connectivity index (χ4v) is 2.77. The van der Waals surface area contributed by atoms with Crippen molar-refractivity contribution in [3.63, 3.8) is 0 Å². The molecule has 0 fully saturated rings. The van der Waals surface area contributed by atoms with Crippen molar-refractivity contribution in [2.24, 2.45) is 0 Å². The molecule has 26 heavy (non-hydrogen) atoms. The lowest BCUT2D eigenvalue weighted by Gasteiger charge is -2.13. The Morgan fingerprint density at radius 1 is 1.04 bits per heavy atom. The average Bonchev–Trinajstić information content (AvgIpc) is 3.05. The fourth-order valence-electron chi connectivity index (χ4n) is 2.77. The van der Waals surface area contributed by atoms with Crippen molar-refractivity contribution in [1.29, 1.82) is 0 Å². The van der Waals surface area contributed by atoms with Crippen LogP contribution in [0.4, 0.5) is 5.69 Å². The number of ether oxygens (including phenoxy) is 2. The van der Waals surface area contributed by atoms with Crippen molar-refractivity contribution in [2.45, 2.75) is 13.8 Å². The summed E-state index contributed by atoms with van der Waals surface area (Å²) in [6.07, 6.45) is 1.58. The van der Waals surface area contributed by atoms with Gasteiger partial charge in [-0.2, -0.15) is 5.10 Å². The molecule has 6 heteroatoms. The highest BCUT2D eigenvalue weighted by Gasteiger charge is 2.17. The number of aromatic nitrogens is 2. The number of nitrogens with one attached hydrogen (secondary N) is 1. The van der Waals surface area contributed by atoms with Gasteiger partial charge in [0.2, 0.25) is 0 Å². The smallest absolute Gasteiger partial charge is 0.259 e. The Balaban J connectivity index is 1.89. The van der Waals surface area contributed by atoms with Gasteiger partial charge in [-0.1, -0.05) is 18.2 Å². The van der Waals surface area contributed by atoms with E-state index in [-0.39, 0.29) is 5.91 Å². The number of hydrogen-bond acceptors (Lipinski definition) is 4. The minimum absolute atomic E-state index is 0.222. The van der Waals surface area contributed by atoms with E-state index in [9.17, 15) is 4.79 Å². The first kappa shape index (κ1) is 17.5. The molecule has 0 aliphatic rings. The molecule has 0 saturated carbocycles. The third-order valence-electron chi connectivity index (χ3n) is 4.23. The van der Waals surface area contributed by atoms with E-state index in [1.807, 2.05) is 50.2 Å². The molecule has 1 heterocycles. The number of anilines is 1. The van der Waals surface area contributed by atoms with E-state index in [0.29, 0.717) is 22.7 Å². The quantitative estimate of drug-likeness (QED) is 0.760. The highest BCUT2D eigenvalue weighted by atomic mass is 16.5. The first-order valence-electron chi connectivity index (χ1n) is 8.19. The fraction of sp³-hybridized carbons (Fsp3) is 0.200. The van der Waals surface area contributed by atoms with Crippen LogP contribution in [0, 0.1) is 13.8 Å². The van der Waals surface area contributed by atoms with E-state index in [0.717, 1.165) is 16.9 Å². The number of nitrogens with zero attached hydrogens (tertiary/aromatic N) is 2. The molecule has 1 aromatic heterocycles. The number of rotatable bonds is 5. The lowest BCUT2D eigenvalue weighted by molar-refractivity contribution is 0.102. The number of carbonyl (C=O) groups is 1. The number of aryl methyl sites for hydroxylation is 1. The molecule has 2 aromatic carbocycles. The molecule has 0 atom stereocenters. The lowest BCUT2D eigenvalue weighted by atomic mass is 10.1. The number of carbonyl (C=O) groups excluding carboxylic acids is 1. The molecule has 0 radical (unpaired) electrons. The van der Waals surface area contributed by atoms with Crippen LogP contribution in [0.15, 0.2) is 48.7 Å². The highest BCUT2D eigenvalue weighted by molar-refractivity contribution is 6.05. The number of hydrogen-bond donors (Lipinski definition) is 1. The van der Waals surface area contributed by atoms with Crippen LogP contribution in [0.5, 0.6) is 11.5 Å². The molecule has 0 unspecified atom stereocenters. The number of benzene rings is 2. The van der Waals surface area contributed by atoms with Crippen molar-refractivity contribution in [3.05, 3.63) is 65.5 Å². The standard InChI is InChI=1S/C20H21N3O3/c1-13-10-18(25-3)19(26-4)11-17(13)22-20(24)16-12-21-23(14(16)2)15-8-6-5-7-9-15/h5-12H,1-4H3,(H,22,24). The highest BCUT2D eigenvalue weighted by Crippen LogP contribution is 2.33. The van der Waals surface area contributed by atoms with Crippen LogP contribution in [0.2, 0.25) is 0 Å². The Bertz CT molecular complexity index is 933. The summed E-state index contributed by atoms with van der Waals surface area (Å²) in [5, 5.41) is 7.27. The molecule has 0 spiro atoms. The Morgan fingerprint density at radius 2 is 1.69 bits per heavy atom. The van der Waals surface area contributed by atoms with Gasteiger partial charge in [-0.3, -0.25) is 4.79 Å². The van der Waals surface area contributed by atoms with Gasteiger partial charge in [0.25, 0.3) is 5.91 Å². The summed E-state index contributed by atoms with van der Waals surface area (Å²) >= 11 is 0. The van der Waals surface area contributed by atoms with Gasteiger partial charge in [0.1, 0.15) is 0 Å². The number of methoxy groups -OCH3 is 2. The zero-order valence-corrected chi connectivity index (χ0v) is 15.2. The summed E-state index contributed by atoms with van der Waals surface area (Å²) in [5.41, 5.74) is 3.74. The minimum Gasteiger partial charge on any atom is -0.493 e. The Hall–Kier alpha value is -3.28. The molecule has 1 amide bonds. The predicted octanol–water partition coefficient (Wildman–Crippen LogP) is 3.76. The van der Waals surface area contributed by atoms with Gasteiger partial charge in [0, 0.05) is 11.8 Å². The van der Waals surface area contributed by atoms with E-state index in [2.05, 4.69) is 10.4 Å². The Morgan fingerprint density at radius 3 is 2.35 bits per heavy atom. The van der Waals surface area contributed by atoms with Gasteiger partial charge in [0.05, 0.1) is 37.4 Å². The summed E-state index contributed by atoms with van der Waals surface area (Å²) in [7, 11) is 3.14. The van der Waals surface area contributed by atoms with Gasteiger partial charge in [-0.05, 0) is 37.6 Å². The summed E-state index contributed by atoms with van der Waals surface area (Å²) in [5.74, 6) is 0.959. The van der Waals surface area contributed by atoms with Gasteiger partial charge in [-0.25, -0.2) is 4.68 Å². The van der Waals surface area contributed by atoms with E-state index in [1.165, 1.54) is 0 Å². The molecular formula is C20H21N3O3. The summed E-state index contributed by atoms with van der Waals surface area (Å²) in [4.78, 5) is 12.7. The van der Waals surface area contributed by atoms with Crippen molar-refractivity contribution >= 4 is 11.6 Å². The largest absolute Gasteiger partial charge is 0.493 e. The van der Waals surface area contributed by atoms with Crippen LogP contribution >= 0.6 is 0 Å². The van der Waals surface area contributed by atoms with E-state index in [4.69, 9.17) is 9.47 Å². The van der Waals surface area contributed by atoms with Gasteiger partial charge < -0.3 is 14.8 Å². The van der Waals surface area contributed by atoms with Crippen molar-refractivity contribution in [1.82, 2.24) is 9.78 Å². The van der Waals surface area contributed by atoms with Gasteiger partial charge in [0.15, 0.2) is 11.5 Å². The SMILES string of the molecule is COc1cc(C)c(NC(=O)c2cnn(-c3ccccc3)c2C)cc1OC. The maximum atomic E-state index is 12.7. The molecule has 0 bridgehead atoms. The molecule has 0 saturated heterocycles. The monoisotopic (exact) mass is 351 g/mol. The van der Waals surface area contributed by atoms with Gasteiger partial charge >= 0.3 is 0 Å². The zero-order chi connectivity index (χ0) is 18.7. The van der Waals surface area contributed by atoms with E-state index in [1.54, 1.807) is 31.2 Å². The summed E-state index contributed by atoms with van der Waals surface area (Å²) in [6.45, 7) is 3.77. The third kappa shape index (κ3) is 3.26.